The van der Waals surface area contributed by atoms with Gasteiger partial charge in [-0.05, 0) is 24.3 Å². The van der Waals surface area contributed by atoms with Crippen LogP contribution >= 0.6 is 0 Å². The Morgan fingerprint density at radius 3 is 2.62 bits per heavy atom. The molecule has 0 aliphatic rings. The molecule has 0 saturated carbocycles. The molecule has 4 nitrogen and oxygen atoms in total. The zero-order valence-corrected chi connectivity index (χ0v) is 8.63. The van der Waals surface area contributed by atoms with Crippen molar-refractivity contribution in [3.05, 3.63) is 54.9 Å². The van der Waals surface area contributed by atoms with E-state index in [1.54, 1.807) is 36.8 Å². The van der Waals surface area contributed by atoms with Gasteiger partial charge in [0.1, 0.15) is 0 Å². The zero-order chi connectivity index (χ0) is 11.8. The lowest BCUT2D eigenvalue weighted by Crippen LogP contribution is -1.95. The normalized spacial score (nSPS) is 10.8. The van der Waals surface area contributed by atoms with Gasteiger partial charge in [-0.3, -0.25) is 4.99 Å². The average Bonchev–Trinajstić information content (AvgIpc) is 2.29. The standard InChI is InChI=1S/C12H12N2O2/c1-2-7-13-8-9-14-11-5-3-10(4-6-11)12(15)16/h2-9,14H,1H2,(H,15,16)/b9-8-,13-7?. The van der Waals surface area contributed by atoms with Gasteiger partial charge in [0.05, 0.1) is 5.56 Å². The quantitative estimate of drug-likeness (QED) is 0.743. The minimum atomic E-state index is -0.933. The maximum atomic E-state index is 10.6. The molecule has 0 atom stereocenters. The molecule has 2 N–H and O–H groups in total. The first kappa shape index (κ1) is 11.7. The lowest BCUT2D eigenvalue weighted by atomic mass is 10.2. The summed E-state index contributed by atoms with van der Waals surface area (Å²) >= 11 is 0. The van der Waals surface area contributed by atoms with E-state index in [4.69, 9.17) is 5.11 Å². The number of hydrogen-bond donors (Lipinski definition) is 2. The highest BCUT2D eigenvalue weighted by atomic mass is 16.4. The van der Waals surface area contributed by atoms with Crippen molar-refractivity contribution in [3.8, 4) is 0 Å². The number of aromatic carboxylic acids is 1. The SMILES string of the molecule is C=CC=N/C=C\Nc1ccc(C(=O)O)cc1. The van der Waals surface area contributed by atoms with Crippen LogP contribution < -0.4 is 5.32 Å². The van der Waals surface area contributed by atoms with E-state index < -0.39 is 5.97 Å². The molecule has 0 heterocycles. The van der Waals surface area contributed by atoms with E-state index in [-0.39, 0.29) is 5.56 Å². The predicted molar refractivity (Wildman–Crippen MR) is 64.9 cm³/mol. The number of carboxylic acid groups (broad SMARTS) is 1. The summed E-state index contributed by atoms with van der Waals surface area (Å²) in [5.41, 5.74) is 1.06. The maximum absolute atomic E-state index is 10.6. The van der Waals surface area contributed by atoms with E-state index in [1.807, 2.05) is 0 Å². The van der Waals surface area contributed by atoms with Crippen molar-refractivity contribution >= 4 is 17.9 Å². The average molecular weight is 216 g/mol. The van der Waals surface area contributed by atoms with Gasteiger partial charge in [-0.25, -0.2) is 4.79 Å². The van der Waals surface area contributed by atoms with E-state index in [9.17, 15) is 4.79 Å². The van der Waals surface area contributed by atoms with Gasteiger partial charge in [-0.15, -0.1) is 0 Å². The van der Waals surface area contributed by atoms with E-state index in [1.165, 1.54) is 12.1 Å². The summed E-state index contributed by atoms with van der Waals surface area (Å²) in [5.74, 6) is -0.933. The molecule has 82 valence electrons. The molecule has 4 heteroatoms. The van der Waals surface area contributed by atoms with Crippen LogP contribution in [0.25, 0.3) is 0 Å². The number of anilines is 1. The summed E-state index contributed by atoms with van der Waals surface area (Å²) in [6, 6.07) is 6.44. The van der Waals surface area contributed by atoms with Crippen LogP contribution in [0.1, 0.15) is 10.4 Å². The minimum absolute atomic E-state index is 0.263. The Morgan fingerprint density at radius 2 is 2.06 bits per heavy atom. The summed E-state index contributed by atoms with van der Waals surface area (Å²) in [4.78, 5) is 14.5. The molecular weight excluding hydrogens is 204 g/mol. The highest BCUT2D eigenvalue weighted by molar-refractivity contribution is 5.88. The van der Waals surface area contributed by atoms with Crippen molar-refractivity contribution in [3.63, 3.8) is 0 Å². The van der Waals surface area contributed by atoms with Gasteiger partial charge >= 0.3 is 5.97 Å². The maximum Gasteiger partial charge on any atom is 0.335 e. The number of nitrogens with zero attached hydrogens (tertiary/aromatic N) is 1. The molecule has 0 amide bonds. The molecule has 0 bridgehead atoms. The zero-order valence-electron chi connectivity index (χ0n) is 8.63. The first-order valence-corrected chi connectivity index (χ1v) is 4.63. The first-order chi connectivity index (χ1) is 7.74. The molecule has 0 aliphatic heterocycles. The van der Waals surface area contributed by atoms with E-state index >= 15 is 0 Å². The number of hydrogen-bond acceptors (Lipinski definition) is 3. The van der Waals surface area contributed by atoms with Gasteiger partial charge in [0.25, 0.3) is 0 Å². The van der Waals surface area contributed by atoms with E-state index in [2.05, 4.69) is 16.9 Å². The lowest BCUT2D eigenvalue weighted by molar-refractivity contribution is 0.0697. The van der Waals surface area contributed by atoms with Gasteiger partial charge < -0.3 is 10.4 Å². The fourth-order valence-corrected chi connectivity index (χ4v) is 0.996. The van der Waals surface area contributed by atoms with E-state index in [0.29, 0.717) is 0 Å². The molecule has 1 aromatic carbocycles. The van der Waals surface area contributed by atoms with Gasteiger partial charge in [-0.1, -0.05) is 12.7 Å². The van der Waals surface area contributed by atoms with Crippen LogP contribution in [0.2, 0.25) is 0 Å². The second-order valence-corrected chi connectivity index (χ2v) is 2.88. The summed E-state index contributed by atoms with van der Waals surface area (Å²) < 4.78 is 0. The summed E-state index contributed by atoms with van der Waals surface area (Å²) in [5, 5.41) is 11.6. The summed E-state index contributed by atoms with van der Waals surface area (Å²) in [6.07, 6.45) is 6.36. The third-order valence-electron chi connectivity index (χ3n) is 1.73. The highest BCUT2D eigenvalue weighted by Crippen LogP contribution is 2.09. The van der Waals surface area contributed by atoms with Crippen molar-refractivity contribution in [2.45, 2.75) is 0 Å². The Labute approximate surface area is 93.6 Å². The fraction of sp³-hybridized carbons (Fsp3) is 0. The number of carboxylic acids is 1. The molecule has 1 aromatic rings. The summed E-state index contributed by atoms with van der Waals surface area (Å²) in [6.45, 7) is 3.48. The fourth-order valence-electron chi connectivity index (χ4n) is 0.996. The molecule has 0 aliphatic carbocycles. The molecule has 0 fully saturated rings. The number of rotatable bonds is 5. The van der Waals surface area contributed by atoms with Crippen molar-refractivity contribution in [2.24, 2.45) is 4.99 Å². The number of carbonyl (C=O) groups is 1. The highest BCUT2D eigenvalue weighted by Gasteiger charge is 1.99. The topological polar surface area (TPSA) is 61.7 Å². The molecule has 1 rings (SSSR count). The van der Waals surface area contributed by atoms with Gasteiger partial charge in [-0.2, -0.15) is 0 Å². The van der Waals surface area contributed by atoms with Crippen LogP contribution in [0.5, 0.6) is 0 Å². The van der Waals surface area contributed by atoms with Crippen molar-refractivity contribution < 1.29 is 9.90 Å². The van der Waals surface area contributed by atoms with Crippen LogP contribution in [0.15, 0.2) is 54.3 Å². The van der Waals surface area contributed by atoms with Crippen LogP contribution in [0, 0.1) is 0 Å². The Kier molecular flexibility index (Phi) is 4.53. The van der Waals surface area contributed by atoms with Crippen LogP contribution in [-0.4, -0.2) is 17.3 Å². The van der Waals surface area contributed by atoms with Crippen LogP contribution in [0.3, 0.4) is 0 Å². The van der Waals surface area contributed by atoms with Crippen molar-refractivity contribution in [1.29, 1.82) is 0 Å². The second-order valence-electron chi connectivity index (χ2n) is 2.88. The van der Waals surface area contributed by atoms with Gasteiger partial charge in [0.2, 0.25) is 0 Å². The number of allylic oxidation sites excluding steroid dienone is 1. The molecular formula is C12H12N2O2. The lowest BCUT2D eigenvalue weighted by Gasteiger charge is -2.00. The Bertz CT molecular complexity index is 419. The minimum Gasteiger partial charge on any atom is -0.478 e. The Morgan fingerprint density at radius 1 is 1.38 bits per heavy atom. The largest absolute Gasteiger partial charge is 0.478 e. The van der Waals surface area contributed by atoms with Crippen LogP contribution in [0.4, 0.5) is 5.69 Å². The van der Waals surface area contributed by atoms with Crippen molar-refractivity contribution in [2.75, 3.05) is 5.32 Å². The molecule has 0 radical (unpaired) electrons. The van der Waals surface area contributed by atoms with Gasteiger partial charge in [0.15, 0.2) is 0 Å². The first-order valence-electron chi connectivity index (χ1n) is 4.63. The summed E-state index contributed by atoms with van der Waals surface area (Å²) in [7, 11) is 0. The molecule has 0 saturated heterocycles. The molecule has 0 unspecified atom stereocenters. The van der Waals surface area contributed by atoms with Gasteiger partial charge in [0, 0.05) is 24.3 Å². The predicted octanol–water partition coefficient (Wildman–Crippen LogP) is 2.52. The molecule has 0 aromatic heterocycles. The number of benzene rings is 1. The smallest absolute Gasteiger partial charge is 0.335 e. The number of nitrogens with one attached hydrogen (secondary N) is 1. The monoisotopic (exact) mass is 216 g/mol. The Hall–Kier alpha value is -2.36. The van der Waals surface area contributed by atoms with Crippen LogP contribution in [-0.2, 0) is 0 Å². The van der Waals surface area contributed by atoms with Crippen molar-refractivity contribution in [1.82, 2.24) is 0 Å². The second kappa shape index (κ2) is 6.19. The van der Waals surface area contributed by atoms with E-state index in [0.717, 1.165) is 5.69 Å². The third kappa shape index (κ3) is 3.79. The number of aliphatic imine (C=N–C) groups is 1. The Balaban J connectivity index is 2.55. The molecule has 0 spiro atoms. The third-order valence-corrected chi connectivity index (χ3v) is 1.73. The molecule has 16 heavy (non-hydrogen) atoms.